The van der Waals surface area contributed by atoms with Gasteiger partial charge in [-0.3, -0.25) is 0 Å². The zero-order chi connectivity index (χ0) is 16.9. The number of piperidine rings is 1. The van der Waals surface area contributed by atoms with Crippen molar-refractivity contribution in [1.82, 2.24) is 4.90 Å². The number of nitrogens with zero attached hydrogens (tertiary/aromatic N) is 1. The lowest BCUT2D eigenvalue weighted by Crippen LogP contribution is -2.41. The Morgan fingerprint density at radius 3 is 2.92 bits per heavy atom. The van der Waals surface area contributed by atoms with Crippen LogP contribution in [0, 0.1) is 11.7 Å². The molecular weight excluding hydrogens is 329 g/mol. The first-order valence-corrected chi connectivity index (χ1v) is 9.59. The van der Waals surface area contributed by atoms with Gasteiger partial charge in [-0.15, -0.1) is 11.8 Å². The van der Waals surface area contributed by atoms with Gasteiger partial charge in [0, 0.05) is 30.3 Å². The van der Waals surface area contributed by atoms with Crippen LogP contribution in [0.5, 0.6) is 0 Å². The van der Waals surface area contributed by atoms with Gasteiger partial charge in [-0.25, -0.2) is 9.18 Å². The molecule has 4 nitrogen and oxygen atoms in total. The van der Waals surface area contributed by atoms with Crippen molar-refractivity contribution < 1.29 is 18.7 Å². The summed E-state index contributed by atoms with van der Waals surface area (Å²) in [6.45, 7) is 5.01. The number of carbonyl (C=O) groups excluding carboxylic acids is 1. The number of carbonyl (C=O) groups is 1. The van der Waals surface area contributed by atoms with Crippen LogP contribution < -0.4 is 0 Å². The zero-order valence-corrected chi connectivity index (χ0v) is 14.8. The van der Waals surface area contributed by atoms with Gasteiger partial charge >= 0.3 is 6.16 Å². The van der Waals surface area contributed by atoms with E-state index < -0.39 is 6.16 Å². The van der Waals surface area contributed by atoms with Crippen molar-refractivity contribution in [2.45, 2.75) is 37.2 Å². The number of halogens is 1. The highest BCUT2D eigenvalue weighted by Gasteiger charge is 2.26. The normalized spacial score (nSPS) is 22.0. The highest BCUT2D eigenvalue weighted by molar-refractivity contribution is 7.99. The average molecular weight is 353 g/mol. The molecular formula is C18H24FNO3S. The molecule has 0 saturated carbocycles. The first kappa shape index (κ1) is 17.5. The number of thioether (sulfide) groups is 1. The van der Waals surface area contributed by atoms with Crippen LogP contribution in [0.4, 0.5) is 9.18 Å². The average Bonchev–Trinajstić information content (AvgIpc) is 2.56. The lowest BCUT2D eigenvalue weighted by atomic mass is 9.98. The van der Waals surface area contributed by atoms with E-state index in [-0.39, 0.29) is 11.9 Å². The Morgan fingerprint density at radius 1 is 1.38 bits per heavy atom. The van der Waals surface area contributed by atoms with Crippen molar-refractivity contribution in [2.75, 3.05) is 32.0 Å². The van der Waals surface area contributed by atoms with Crippen molar-refractivity contribution in [3.8, 4) is 0 Å². The molecule has 0 bridgehead atoms. The van der Waals surface area contributed by atoms with E-state index in [1.807, 2.05) is 17.8 Å². The summed E-state index contributed by atoms with van der Waals surface area (Å²) in [5, 5.41) is 0. The Morgan fingerprint density at radius 2 is 2.17 bits per heavy atom. The molecule has 2 heterocycles. The molecule has 2 aliphatic heterocycles. The summed E-state index contributed by atoms with van der Waals surface area (Å²) in [6.07, 6.45) is 2.06. The van der Waals surface area contributed by atoms with E-state index in [0.29, 0.717) is 12.5 Å². The molecule has 0 aromatic heterocycles. The van der Waals surface area contributed by atoms with Crippen molar-refractivity contribution in [1.29, 1.82) is 0 Å². The number of hydrogen-bond acceptors (Lipinski definition) is 5. The lowest BCUT2D eigenvalue weighted by Gasteiger charge is -2.35. The largest absolute Gasteiger partial charge is 0.508 e. The summed E-state index contributed by atoms with van der Waals surface area (Å²) in [4.78, 5) is 15.0. The minimum absolute atomic E-state index is 0.0316. The number of ether oxygens (including phenoxy) is 2. The molecule has 2 aliphatic rings. The summed E-state index contributed by atoms with van der Waals surface area (Å²) in [7, 11) is 0. The molecule has 0 spiro atoms. The number of benzene rings is 1. The number of fused-ring (bicyclic) bond motifs is 1. The molecule has 0 amide bonds. The molecule has 1 aromatic carbocycles. The minimum Gasteiger partial charge on any atom is -0.435 e. The smallest absolute Gasteiger partial charge is 0.435 e. The third kappa shape index (κ3) is 4.63. The Kier molecular flexibility index (Phi) is 6.00. The van der Waals surface area contributed by atoms with Crippen LogP contribution in [0.2, 0.25) is 0 Å². The number of hydrogen-bond donors (Lipinski definition) is 0. The van der Waals surface area contributed by atoms with E-state index in [1.54, 1.807) is 19.1 Å². The van der Waals surface area contributed by atoms with Gasteiger partial charge in [0.25, 0.3) is 0 Å². The summed E-state index contributed by atoms with van der Waals surface area (Å²) >= 11 is 1.83. The Bertz CT molecular complexity index is 575. The van der Waals surface area contributed by atoms with Gasteiger partial charge in [0.15, 0.2) is 0 Å². The number of likely N-dealkylation sites (tertiary alicyclic amines) is 1. The van der Waals surface area contributed by atoms with Gasteiger partial charge in [0.2, 0.25) is 0 Å². The van der Waals surface area contributed by atoms with Gasteiger partial charge in [-0.05, 0) is 55.9 Å². The summed E-state index contributed by atoms with van der Waals surface area (Å²) in [5.74, 6) is 1.48. The lowest BCUT2D eigenvalue weighted by molar-refractivity contribution is 0.000472. The van der Waals surface area contributed by atoms with Crippen LogP contribution in [0.25, 0.3) is 0 Å². The van der Waals surface area contributed by atoms with E-state index in [0.717, 1.165) is 50.2 Å². The fourth-order valence-electron chi connectivity index (χ4n) is 3.41. The van der Waals surface area contributed by atoms with Crippen LogP contribution in [-0.2, 0) is 15.9 Å². The monoisotopic (exact) mass is 353 g/mol. The molecule has 24 heavy (non-hydrogen) atoms. The van der Waals surface area contributed by atoms with Crippen LogP contribution in [0.15, 0.2) is 23.1 Å². The number of rotatable bonds is 4. The van der Waals surface area contributed by atoms with Crippen molar-refractivity contribution >= 4 is 17.9 Å². The highest BCUT2D eigenvalue weighted by Crippen LogP contribution is 2.34. The first-order valence-electron chi connectivity index (χ1n) is 8.61. The fourth-order valence-corrected chi connectivity index (χ4v) is 4.54. The van der Waals surface area contributed by atoms with E-state index in [1.165, 1.54) is 4.90 Å². The molecule has 1 aromatic rings. The van der Waals surface area contributed by atoms with E-state index in [9.17, 15) is 9.18 Å². The van der Waals surface area contributed by atoms with Gasteiger partial charge < -0.3 is 14.4 Å². The Hall–Kier alpha value is -1.27. The molecule has 1 atom stereocenters. The predicted molar refractivity (Wildman–Crippen MR) is 91.9 cm³/mol. The molecule has 6 heteroatoms. The SMILES string of the molecule is CCOC(=O)OC1CCN(CC2CSc3ccc(F)cc3C2)CC1. The third-order valence-electron chi connectivity index (χ3n) is 4.58. The molecule has 1 unspecified atom stereocenters. The van der Waals surface area contributed by atoms with Crippen molar-refractivity contribution in [3.63, 3.8) is 0 Å². The Balaban J connectivity index is 1.44. The van der Waals surface area contributed by atoms with E-state index in [2.05, 4.69) is 4.90 Å². The topological polar surface area (TPSA) is 38.8 Å². The van der Waals surface area contributed by atoms with Gasteiger partial charge in [0.05, 0.1) is 6.61 Å². The van der Waals surface area contributed by atoms with Crippen LogP contribution in [0.3, 0.4) is 0 Å². The molecule has 0 aliphatic carbocycles. The Labute approximate surface area is 146 Å². The van der Waals surface area contributed by atoms with Gasteiger partial charge in [0.1, 0.15) is 11.9 Å². The van der Waals surface area contributed by atoms with E-state index in [4.69, 9.17) is 9.47 Å². The van der Waals surface area contributed by atoms with Gasteiger partial charge in [-0.2, -0.15) is 0 Å². The fraction of sp³-hybridized carbons (Fsp3) is 0.611. The second kappa shape index (κ2) is 8.21. The highest BCUT2D eigenvalue weighted by atomic mass is 32.2. The molecule has 1 fully saturated rings. The minimum atomic E-state index is -0.557. The molecule has 1 saturated heterocycles. The van der Waals surface area contributed by atoms with Crippen LogP contribution in [0.1, 0.15) is 25.3 Å². The standard InChI is InChI=1S/C18H24FNO3S/c1-2-22-18(21)23-16-5-7-20(8-6-16)11-13-9-14-10-15(19)3-4-17(14)24-12-13/h3-4,10,13,16H,2,5-9,11-12H2,1H3. The summed E-state index contributed by atoms with van der Waals surface area (Å²) in [5.41, 5.74) is 1.14. The molecule has 132 valence electrons. The van der Waals surface area contributed by atoms with Crippen molar-refractivity contribution in [2.24, 2.45) is 5.92 Å². The molecule has 0 N–H and O–H groups in total. The third-order valence-corrected chi connectivity index (χ3v) is 5.93. The summed E-state index contributed by atoms with van der Waals surface area (Å²) < 4.78 is 23.5. The van der Waals surface area contributed by atoms with Gasteiger partial charge in [-0.1, -0.05) is 0 Å². The maximum atomic E-state index is 13.4. The summed E-state index contributed by atoms with van der Waals surface area (Å²) in [6, 6.07) is 5.11. The maximum absolute atomic E-state index is 13.4. The van der Waals surface area contributed by atoms with Crippen LogP contribution in [-0.4, -0.2) is 49.2 Å². The maximum Gasteiger partial charge on any atom is 0.508 e. The second-order valence-corrected chi connectivity index (χ2v) is 7.50. The molecule has 0 radical (unpaired) electrons. The van der Waals surface area contributed by atoms with Crippen molar-refractivity contribution in [3.05, 3.63) is 29.6 Å². The predicted octanol–water partition coefficient (Wildman–Crippen LogP) is 3.73. The quantitative estimate of drug-likeness (QED) is 0.771. The first-order chi connectivity index (χ1) is 11.6. The molecule has 3 rings (SSSR count). The van der Waals surface area contributed by atoms with Crippen LogP contribution >= 0.6 is 11.8 Å². The zero-order valence-electron chi connectivity index (χ0n) is 14.0. The van der Waals surface area contributed by atoms with E-state index >= 15 is 0 Å². The second-order valence-electron chi connectivity index (χ2n) is 6.43.